The maximum absolute atomic E-state index is 6.02. The van der Waals surface area contributed by atoms with Crippen molar-refractivity contribution >= 4 is 11.4 Å². The van der Waals surface area contributed by atoms with Crippen LogP contribution in [0.25, 0.3) is 0 Å². The van der Waals surface area contributed by atoms with Crippen molar-refractivity contribution in [1.29, 1.82) is 0 Å². The van der Waals surface area contributed by atoms with Gasteiger partial charge in [0, 0.05) is 12.6 Å². The van der Waals surface area contributed by atoms with Crippen LogP contribution in [0.2, 0.25) is 0 Å². The van der Waals surface area contributed by atoms with Crippen LogP contribution in [0.1, 0.15) is 26.7 Å². The van der Waals surface area contributed by atoms with Crippen molar-refractivity contribution in [2.45, 2.75) is 32.7 Å². The van der Waals surface area contributed by atoms with E-state index in [0.717, 1.165) is 18.2 Å². The number of nitrogens with zero attached hydrogens (tertiary/aromatic N) is 1. The summed E-state index contributed by atoms with van der Waals surface area (Å²) in [7, 11) is 0. The fourth-order valence-electron chi connectivity index (χ4n) is 2.42. The molecule has 82 valence electrons. The van der Waals surface area contributed by atoms with E-state index < -0.39 is 0 Å². The lowest BCUT2D eigenvalue weighted by atomic mass is 9.91. The zero-order valence-electron chi connectivity index (χ0n) is 9.61. The number of anilines is 2. The van der Waals surface area contributed by atoms with Crippen LogP contribution in [0.5, 0.6) is 0 Å². The Labute approximate surface area is 92.1 Å². The Morgan fingerprint density at radius 1 is 1.27 bits per heavy atom. The van der Waals surface area contributed by atoms with Gasteiger partial charge in [-0.05, 0) is 37.8 Å². The number of hydrogen-bond acceptors (Lipinski definition) is 2. The summed E-state index contributed by atoms with van der Waals surface area (Å²) < 4.78 is 0. The Kier molecular flexibility index (Phi) is 2.85. The van der Waals surface area contributed by atoms with Gasteiger partial charge >= 0.3 is 0 Å². The first kappa shape index (κ1) is 10.3. The summed E-state index contributed by atoms with van der Waals surface area (Å²) in [5, 5.41) is 0. The Morgan fingerprint density at radius 3 is 2.73 bits per heavy atom. The molecule has 2 heteroatoms. The predicted molar refractivity (Wildman–Crippen MR) is 66.1 cm³/mol. The zero-order chi connectivity index (χ0) is 10.8. The molecule has 1 aliphatic rings. The van der Waals surface area contributed by atoms with Crippen molar-refractivity contribution in [2.75, 3.05) is 17.2 Å². The van der Waals surface area contributed by atoms with Crippen LogP contribution in [0, 0.1) is 5.92 Å². The normalized spacial score (nSPS) is 26.7. The summed E-state index contributed by atoms with van der Waals surface area (Å²) in [5.74, 6) is 0.762. The summed E-state index contributed by atoms with van der Waals surface area (Å²) in [6.07, 6.45) is 2.62. The number of para-hydroxylation sites is 2. The third-order valence-corrected chi connectivity index (χ3v) is 3.62. The highest BCUT2D eigenvalue weighted by molar-refractivity contribution is 5.67. The third kappa shape index (κ3) is 1.94. The highest BCUT2D eigenvalue weighted by Crippen LogP contribution is 2.31. The molecular formula is C13H20N2. The lowest BCUT2D eigenvalue weighted by Crippen LogP contribution is -2.42. The van der Waals surface area contributed by atoms with Gasteiger partial charge in [0.05, 0.1) is 11.4 Å². The first-order valence-corrected chi connectivity index (χ1v) is 5.81. The quantitative estimate of drug-likeness (QED) is 0.713. The molecule has 0 saturated carbocycles. The number of nitrogens with two attached hydrogens (primary N) is 1. The van der Waals surface area contributed by atoms with Crippen LogP contribution in [-0.4, -0.2) is 12.6 Å². The Balaban J connectivity index is 2.26. The lowest BCUT2D eigenvalue weighted by molar-refractivity contribution is 0.364. The fraction of sp³-hybridized carbons (Fsp3) is 0.538. The molecule has 1 aromatic rings. The van der Waals surface area contributed by atoms with E-state index in [1.54, 1.807) is 0 Å². The Hall–Kier alpha value is -1.18. The number of nitrogen functional groups attached to an aromatic ring is 1. The van der Waals surface area contributed by atoms with E-state index in [-0.39, 0.29) is 0 Å². The minimum absolute atomic E-state index is 0.600. The van der Waals surface area contributed by atoms with Crippen molar-refractivity contribution in [3.8, 4) is 0 Å². The molecule has 0 amide bonds. The van der Waals surface area contributed by atoms with Gasteiger partial charge in [0.1, 0.15) is 0 Å². The fourth-order valence-corrected chi connectivity index (χ4v) is 2.42. The molecule has 1 aliphatic heterocycles. The topological polar surface area (TPSA) is 29.3 Å². The van der Waals surface area contributed by atoms with Crippen molar-refractivity contribution in [1.82, 2.24) is 0 Å². The molecule has 0 bridgehead atoms. The third-order valence-electron chi connectivity index (χ3n) is 3.62. The average molecular weight is 204 g/mol. The summed E-state index contributed by atoms with van der Waals surface area (Å²) in [6, 6.07) is 8.78. The van der Waals surface area contributed by atoms with Crippen LogP contribution in [0.15, 0.2) is 24.3 Å². The molecule has 0 aliphatic carbocycles. The molecule has 0 spiro atoms. The Morgan fingerprint density at radius 2 is 2.00 bits per heavy atom. The molecule has 1 aromatic carbocycles. The van der Waals surface area contributed by atoms with Gasteiger partial charge in [0.2, 0.25) is 0 Å². The van der Waals surface area contributed by atoms with Crippen LogP contribution in [0.4, 0.5) is 11.4 Å². The minimum Gasteiger partial charge on any atom is -0.397 e. The number of piperidine rings is 1. The van der Waals surface area contributed by atoms with E-state index in [4.69, 9.17) is 5.73 Å². The maximum Gasteiger partial charge on any atom is 0.0602 e. The molecule has 15 heavy (non-hydrogen) atoms. The summed E-state index contributed by atoms with van der Waals surface area (Å²) >= 11 is 0. The summed E-state index contributed by atoms with van der Waals surface area (Å²) in [5.41, 5.74) is 8.12. The van der Waals surface area contributed by atoms with Gasteiger partial charge in [-0.2, -0.15) is 0 Å². The second kappa shape index (κ2) is 4.13. The van der Waals surface area contributed by atoms with Gasteiger partial charge < -0.3 is 10.6 Å². The van der Waals surface area contributed by atoms with Crippen LogP contribution in [-0.2, 0) is 0 Å². The minimum atomic E-state index is 0.600. The molecule has 0 radical (unpaired) electrons. The Bertz CT molecular complexity index is 335. The van der Waals surface area contributed by atoms with Crippen LogP contribution >= 0.6 is 0 Å². The maximum atomic E-state index is 6.02. The van der Waals surface area contributed by atoms with Gasteiger partial charge in [-0.15, -0.1) is 0 Å². The molecule has 2 rings (SSSR count). The van der Waals surface area contributed by atoms with Gasteiger partial charge in [0.25, 0.3) is 0 Å². The number of benzene rings is 1. The van der Waals surface area contributed by atoms with Gasteiger partial charge in [-0.1, -0.05) is 19.1 Å². The zero-order valence-corrected chi connectivity index (χ0v) is 9.61. The smallest absolute Gasteiger partial charge is 0.0602 e. The van der Waals surface area contributed by atoms with E-state index in [1.807, 2.05) is 12.1 Å². The van der Waals surface area contributed by atoms with Gasteiger partial charge in [-0.25, -0.2) is 0 Å². The first-order chi connectivity index (χ1) is 7.20. The molecule has 1 saturated heterocycles. The molecular weight excluding hydrogens is 184 g/mol. The first-order valence-electron chi connectivity index (χ1n) is 5.81. The van der Waals surface area contributed by atoms with Crippen molar-refractivity contribution < 1.29 is 0 Å². The van der Waals surface area contributed by atoms with Crippen LogP contribution in [0.3, 0.4) is 0 Å². The van der Waals surface area contributed by atoms with Crippen molar-refractivity contribution in [2.24, 2.45) is 5.92 Å². The number of rotatable bonds is 1. The van der Waals surface area contributed by atoms with E-state index in [2.05, 4.69) is 30.9 Å². The summed E-state index contributed by atoms with van der Waals surface area (Å²) in [6.45, 7) is 5.77. The average Bonchev–Trinajstić information content (AvgIpc) is 2.23. The molecule has 2 N–H and O–H groups in total. The molecule has 2 nitrogen and oxygen atoms in total. The van der Waals surface area contributed by atoms with Gasteiger partial charge in [-0.3, -0.25) is 0 Å². The monoisotopic (exact) mass is 204 g/mol. The SMILES string of the molecule is CC1CCCN(c2ccccc2N)C1C. The standard InChI is InChI=1S/C13H20N2/c1-10-6-5-9-15(11(10)2)13-8-4-3-7-12(13)14/h3-4,7-8,10-11H,5-6,9,14H2,1-2H3. The number of hydrogen-bond donors (Lipinski definition) is 1. The molecule has 1 fully saturated rings. The molecule has 0 aromatic heterocycles. The summed E-state index contributed by atoms with van der Waals surface area (Å²) in [4.78, 5) is 2.45. The molecule has 1 heterocycles. The van der Waals surface area contributed by atoms with Crippen LogP contribution < -0.4 is 10.6 Å². The molecule has 2 atom stereocenters. The van der Waals surface area contributed by atoms with Gasteiger partial charge in [0.15, 0.2) is 0 Å². The van der Waals surface area contributed by atoms with E-state index in [1.165, 1.54) is 18.5 Å². The van der Waals surface area contributed by atoms with Crippen molar-refractivity contribution in [3.63, 3.8) is 0 Å². The predicted octanol–water partition coefficient (Wildman–Crippen LogP) is 2.89. The largest absolute Gasteiger partial charge is 0.397 e. The highest BCUT2D eigenvalue weighted by Gasteiger charge is 2.25. The second-order valence-corrected chi connectivity index (χ2v) is 4.61. The second-order valence-electron chi connectivity index (χ2n) is 4.61. The van der Waals surface area contributed by atoms with E-state index in [9.17, 15) is 0 Å². The van der Waals surface area contributed by atoms with E-state index in [0.29, 0.717) is 6.04 Å². The lowest BCUT2D eigenvalue weighted by Gasteiger charge is -2.40. The highest BCUT2D eigenvalue weighted by atomic mass is 15.2. The van der Waals surface area contributed by atoms with Crippen molar-refractivity contribution in [3.05, 3.63) is 24.3 Å². The van der Waals surface area contributed by atoms with E-state index >= 15 is 0 Å². The molecule has 2 unspecified atom stereocenters.